The Balaban J connectivity index is 2.07. The first-order valence-electron chi connectivity index (χ1n) is 7.88. The molecule has 1 heterocycles. The smallest absolute Gasteiger partial charge is 0.279 e. The lowest BCUT2D eigenvalue weighted by atomic mass is 10.1. The Morgan fingerprint density at radius 2 is 1.81 bits per heavy atom. The van der Waals surface area contributed by atoms with E-state index in [1.807, 2.05) is 6.92 Å². The van der Waals surface area contributed by atoms with Gasteiger partial charge in [-0.25, -0.2) is 0 Å². The number of hydrogen-bond acceptors (Lipinski definition) is 5. The summed E-state index contributed by atoms with van der Waals surface area (Å²) in [6.45, 7) is 3.87. The van der Waals surface area contributed by atoms with Crippen LogP contribution in [0.5, 0.6) is 0 Å². The molecule has 0 aliphatic carbocycles. The van der Waals surface area contributed by atoms with Crippen molar-refractivity contribution in [3.63, 3.8) is 0 Å². The summed E-state index contributed by atoms with van der Waals surface area (Å²) in [5.74, 6) is -0.501. The van der Waals surface area contributed by atoms with Crippen molar-refractivity contribution in [2.45, 2.75) is 20.4 Å². The van der Waals surface area contributed by atoms with E-state index < -0.39 is 10.8 Å². The highest BCUT2D eigenvalue weighted by molar-refractivity contribution is 7.16. The van der Waals surface area contributed by atoms with Crippen LogP contribution in [0.1, 0.15) is 34.6 Å². The topological polar surface area (TPSA) is 94.6 Å². The van der Waals surface area contributed by atoms with Gasteiger partial charge in [-0.15, -0.1) is 0 Å². The number of amides is 1. The molecule has 0 spiro atoms. The molecule has 3 aromatic rings. The van der Waals surface area contributed by atoms with Crippen LogP contribution in [0.25, 0.3) is 10.2 Å². The summed E-state index contributed by atoms with van der Waals surface area (Å²) >= 11 is 1.30. The first kappa shape index (κ1) is 17.7. The summed E-state index contributed by atoms with van der Waals surface area (Å²) in [4.78, 5) is 39.0. The normalized spacial score (nSPS) is 11.7. The second kappa shape index (κ2) is 7.01. The zero-order chi connectivity index (χ0) is 18.8. The van der Waals surface area contributed by atoms with Crippen LogP contribution < -0.4 is 4.80 Å². The number of benzene rings is 2. The molecule has 0 saturated carbocycles. The predicted molar refractivity (Wildman–Crippen MR) is 98.5 cm³/mol. The van der Waals surface area contributed by atoms with Crippen molar-refractivity contribution in [2.24, 2.45) is 4.99 Å². The quantitative estimate of drug-likeness (QED) is 0.399. The van der Waals surface area contributed by atoms with Crippen molar-refractivity contribution in [2.75, 3.05) is 0 Å². The van der Waals surface area contributed by atoms with Gasteiger partial charge < -0.3 is 4.57 Å². The van der Waals surface area contributed by atoms with Crippen LogP contribution in [-0.4, -0.2) is 21.2 Å². The maximum Gasteiger partial charge on any atom is 0.279 e. The summed E-state index contributed by atoms with van der Waals surface area (Å²) in [5, 5.41) is 11.0. The van der Waals surface area contributed by atoms with E-state index in [9.17, 15) is 19.7 Å². The Morgan fingerprint density at radius 1 is 1.15 bits per heavy atom. The molecule has 1 aromatic heterocycles. The Hall–Kier alpha value is -3.13. The lowest BCUT2D eigenvalue weighted by Gasteiger charge is -2.01. The molecule has 0 radical (unpaired) electrons. The fourth-order valence-electron chi connectivity index (χ4n) is 2.56. The number of nitro benzene ring substituents is 1. The van der Waals surface area contributed by atoms with E-state index in [1.54, 1.807) is 34.9 Å². The average molecular weight is 369 g/mol. The molecule has 8 heteroatoms. The Kier molecular flexibility index (Phi) is 4.77. The van der Waals surface area contributed by atoms with E-state index in [0.29, 0.717) is 28.0 Å². The van der Waals surface area contributed by atoms with Crippen LogP contribution in [0.2, 0.25) is 0 Å². The summed E-state index contributed by atoms with van der Waals surface area (Å²) in [5.41, 5.74) is 1.57. The molecule has 2 aromatic carbocycles. The van der Waals surface area contributed by atoms with Crippen LogP contribution in [0.15, 0.2) is 47.5 Å². The van der Waals surface area contributed by atoms with E-state index in [4.69, 9.17) is 0 Å². The number of ketones is 1. The van der Waals surface area contributed by atoms with Gasteiger partial charge in [0.2, 0.25) is 0 Å². The van der Waals surface area contributed by atoms with Crippen LogP contribution in [0.4, 0.5) is 5.69 Å². The summed E-state index contributed by atoms with van der Waals surface area (Å²) in [6, 6.07) is 10.9. The SMILES string of the molecule is CCn1c(=NC(=O)c2ccc(C(C)=O)cc2)sc2ccc([N+](=O)[O-])cc21. The fourth-order valence-corrected chi connectivity index (χ4v) is 3.63. The number of aryl methyl sites for hydroxylation is 1. The molecule has 0 saturated heterocycles. The van der Waals surface area contributed by atoms with Crippen molar-refractivity contribution in [1.29, 1.82) is 0 Å². The number of thiazole rings is 1. The van der Waals surface area contributed by atoms with Gasteiger partial charge in [0.1, 0.15) is 0 Å². The number of carbonyl (C=O) groups is 2. The highest BCUT2D eigenvalue weighted by Gasteiger charge is 2.13. The lowest BCUT2D eigenvalue weighted by molar-refractivity contribution is -0.384. The molecule has 0 aliphatic rings. The fraction of sp³-hybridized carbons (Fsp3) is 0.167. The molecular weight excluding hydrogens is 354 g/mol. The number of fused-ring (bicyclic) bond motifs is 1. The number of rotatable bonds is 4. The largest absolute Gasteiger partial charge is 0.316 e. The van der Waals surface area contributed by atoms with Crippen LogP contribution in [0.3, 0.4) is 0 Å². The van der Waals surface area contributed by atoms with Gasteiger partial charge in [0.05, 0.1) is 15.1 Å². The second-order valence-corrected chi connectivity index (χ2v) is 6.60. The molecule has 0 fully saturated rings. The number of carbonyl (C=O) groups excluding carboxylic acids is 2. The van der Waals surface area contributed by atoms with Crippen LogP contribution in [0, 0.1) is 10.1 Å². The molecule has 132 valence electrons. The van der Waals surface area contributed by atoms with Gasteiger partial charge >= 0.3 is 0 Å². The molecule has 0 bridgehead atoms. The molecule has 0 aliphatic heterocycles. The van der Waals surface area contributed by atoms with Crippen molar-refractivity contribution in [3.8, 4) is 0 Å². The molecule has 0 atom stereocenters. The maximum atomic E-state index is 12.4. The Labute approximate surface area is 152 Å². The highest BCUT2D eigenvalue weighted by atomic mass is 32.1. The van der Waals surface area contributed by atoms with Gasteiger partial charge in [-0.1, -0.05) is 23.5 Å². The molecular formula is C18H15N3O4S. The zero-order valence-electron chi connectivity index (χ0n) is 14.1. The number of aromatic nitrogens is 1. The van der Waals surface area contributed by atoms with Gasteiger partial charge in [0.25, 0.3) is 11.6 Å². The van der Waals surface area contributed by atoms with Crippen molar-refractivity contribution >= 4 is 38.9 Å². The standard InChI is InChI=1S/C18H15N3O4S/c1-3-20-15-10-14(21(24)25)8-9-16(15)26-18(20)19-17(23)13-6-4-12(5-7-13)11(2)22/h4-10H,3H2,1-2H3. The number of nitro groups is 1. The van der Waals surface area contributed by atoms with Crippen LogP contribution >= 0.6 is 11.3 Å². The predicted octanol–water partition coefficient (Wildman–Crippen LogP) is 3.57. The van der Waals surface area contributed by atoms with Crippen molar-refractivity contribution in [1.82, 2.24) is 4.57 Å². The zero-order valence-corrected chi connectivity index (χ0v) is 14.9. The third kappa shape index (κ3) is 3.31. The molecule has 0 unspecified atom stereocenters. The molecule has 26 heavy (non-hydrogen) atoms. The summed E-state index contributed by atoms with van der Waals surface area (Å²) in [6.07, 6.45) is 0. The minimum absolute atomic E-state index is 0.00445. The number of non-ortho nitro benzene ring substituents is 1. The summed E-state index contributed by atoms with van der Waals surface area (Å²) in [7, 11) is 0. The van der Waals surface area contributed by atoms with Gasteiger partial charge in [0.15, 0.2) is 10.6 Å². The first-order chi connectivity index (χ1) is 12.4. The van der Waals surface area contributed by atoms with E-state index in [-0.39, 0.29) is 11.5 Å². The van der Waals surface area contributed by atoms with Gasteiger partial charge in [0, 0.05) is 29.8 Å². The maximum absolute atomic E-state index is 12.4. The van der Waals surface area contributed by atoms with Crippen molar-refractivity contribution < 1.29 is 14.5 Å². The average Bonchev–Trinajstić information content (AvgIpc) is 2.97. The van der Waals surface area contributed by atoms with E-state index in [2.05, 4.69) is 4.99 Å². The molecule has 0 N–H and O–H groups in total. The van der Waals surface area contributed by atoms with Gasteiger partial charge in [-0.3, -0.25) is 19.7 Å². The Bertz CT molecular complexity index is 1090. The van der Waals surface area contributed by atoms with Gasteiger partial charge in [-0.05, 0) is 32.0 Å². The first-order valence-corrected chi connectivity index (χ1v) is 8.70. The second-order valence-electron chi connectivity index (χ2n) is 5.59. The number of hydrogen-bond donors (Lipinski definition) is 0. The summed E-state index contributed by atoms with van der Waals surface area (Å²) < 4.78 is 2.59. The minimum Gasteiger partial charge on any atom is -0.316 e. The minimum atomic E-state index is -0.449. The Morgan fingerprint density at radius 3 is 2.38 bits per heavy atom. The number of Topliss-reactive ketones (excluding diaryl/α,β-unsaturated/α-hetero) is 1. The third-order valence-electron chi connectivity index (χ3n) is 3.93. The van der Waals surface area contributed by atoms with E-state index in [1.165, 1.54) is 30.4 Å². The van der Waals surface area contributed by atoms with Gasteiger partial charge in [-0.2, -0.15) is 4.99 Å². The highest BCUT2D eigenvalue weighted by Crippen LogP contribution is 2.23. The third-order valence-corrected chi connectivity index (χ3v) is 4.99. The monoisotopic (exact) mass is 369 g/mol. The molecule has 7 nitrogen and oxygen atoms in total. The van der Waals surface area contributed by atoms with E-state index >= 15 is 0 Å². The molecule has 3 rings (SSSR count). The van der Waals surface area contributed by atoms with Crippen molar-refractivity contribution in [3.05, 3.63) is 68.5 Å². The molecule has 1 amide bonds. The van der Waals surface area contributed by atoms with E-state index in [0.717, 1.165) is 4.70 Å². The lowest BCUT2D eigenvalue weighted by Crippen LogP contribution is -2.16. The number of nitrogens with zero attached hydrogens (tertiary/aromatic N) is 3. The van der Waals surface area contributed by atoms with Crippen LogP contribution in [-0.2, 0) is 6.54 Å².